The Bertz CT molecular complexity index is 1030. The number of hydrogen-bond donors (Lipinski definition) is 0. The van der Waals surface area contributed by atoms with Crippen LogP contribution in [0.3, 0.4) is 0 Å². The lowest BCUT2D eigenvalue weighted by Crippen LogP contribution is -2.30. The Morgan fingerprint density at radius 1 is 0.232 bits per heavy atom. The Kier molecular flexibility index (Phi) is 57.6. The van der Waals surface area contributed by atoms with Gasteiger partial charge in [0.05, 0.1) is 0 Å². The van der Waals surface area contributed by atoms with Crippen LogP contribution in [0.2, 0.25) is 0 Å². The monoisotopic (exact) mass is 975 g/mol. The van der Waals surface area contributed by atoms with Gasteiger partial charge in [0.15, 0.2) is 6.10 Å². The first-order chi connectivity index (χ1) is 34.0. The van der Waals surface area contributed by atoms with Crippen molar-refractivity contribution in [1.82, 2.24) is 0 Å². The second-order valence-electron chi connectivity index (χ2n) is 21.7. The second-order valence-corrected chi connectivity index (χ2v) is 21.7. The molecule has 1 atom stereocenters. The molecule has 69 heavy (non-hydrogen) atoms. The van der Waals surface area contributed by atoms with Crippen LogP contribution < -0.4 is 0 Å². The second kappa shape index (κ2) is 59.0. The minimum absolute atomic E-state index is 0.0623. The van der Waals surface area contributed by atoms with E-state index in [0.29, 0.717) is 19.3 Å². The third-order valence-corrected chi connectivity index (χ3v) is 14.6. The predicted molar refractivity (Wildman–Crippen MR) is 298 cm³/mol. The fourth-order valence-corrected chi connectivity index (χ4v) is 9.86. The van der Waals surface area contributed by atoms with Crippen molar-refractivity contribution in [3.05, 3.63) is 0 Å². The maximum Gasteiger partial charge on any atom is 0.306 e. The molecule has 410 valence electrons. The first-order valence-corrected chi connectivity index (χ1v) is 31.5. The van der Waals surface area contributed by atoms with Crippen LogP contribution in [0.5, 0.6) is 0 Å². The van der Waals surface area contributed by atoms with E-state index in [1.54, 1.807) is 0 Å². The van der Waals surface area contributed by atoms with Crippen molar-refractivity contribution in [2.24, 2.45) is 0 Å². The van der Waals surface area contributed by atoms with E-state index in [4.69, 9.17) is 14.2 Å². The molecule has 0 rings (SSSR count). The number of carbonyl (C=O) groups excluding carboxylic acids is 3. The van der Waals surface area contributed by atoms with Gasteiger partial charge in [0.25, 0.3) is 0 Å². The van der Waals surface area contributed by atoms with E-state index in [2.05, 4.69) is 20.8 Å². The maximum atomic E-state index is 12.7. The fraction of sp³-hybridized carbons (Fsp3) is 0.952. The first-order valence-electron chi connectivity index (χ1n) is 31.5. The molecule has 0 bridgehead atoms. The van der Waals surface area contributed by atoms with Gasteiger partial charge in [0.1, 0.15) is 13.2 Å². The molecule has 0 radical (unpaired) electrons. The molecule has 0 saturated carbocycles. The summed E-state index contributed by atoms with van der Waals surface area (Å²) in [7, 11) is 0. The number of esters is 3. The smallest absolute Gasteiger partial charge is 0.306 e. The van der Waals surface area contributed by atoms with Crippen LogP contribution in [-0.2, 0) is 28.6 Å². The normalized spacial score (nSPS) is 11.9. The molecule has 0 aliphatic heterocycles. The number of ether oxygens (including phenoxy) is 3. The average molecular weight is 976 g/mol. The molecular weight excluding hydrogens is 853 g/mol. The van der Waals surface area contributed by atoms with Crippen molar-refractivity contribution in [2.45, 2.75) is 374 Å². The van der Waals surface area contributed by atoms with Gasteiger partial charge in [-0.25, -0.2) is 0 Å². The van der Waals surface area contributed by atoms with E-state index >= 15 is 0 Å². The summed E-state index contributed by atoms with van der Waals surface area (Å²) in [6.45, 7) is 6.65. The van der Waals surface area contributed by atoms with Gasteiger partial charge in [-0.2, -0.15) is 0 Å². The Morgan fingerprint density at radius 3 is 0.580 bits per heavy atom. The molecule has 0 aliphatic rings. The van der Waals surface area contributed by atoms with E-state index in [0.717, 1.165) is 57.8 Å². The third kappa shape index (κ3) is 57.2. The average Bonchev–Trinajstić information content (AvgIpc) is 3.35. The summed E-state index contributed by atoms with van der Waals surface area (Å²) in [6, 6.07) is 0. The van der Waals surface area contributed by atoms with Crippen molar-refractivity contribution in [2.75, 3.05) is 13.2 Å². The third-order valence-electron chi connectivity index (χ3n) is 14.6. The van der Waals surface area contributed by atoms with Gasteiger partial charge in [0, 0.05) is 19.3 Å². The lowest BCUT2D eigenvalue weighted by Gasteiger charge is -2.18. The molecule has 0 heterocycles. The van der Waals surface area contributed by atoms with Crippen LogP contribution >= 0.6 is 0 Å². The van der Waals surface area contributed by atoms with Crippen LogP contribution in [0, 0.1) is 0 Å². The Labute approximate surface area is 431 Å². The van der Waals surface area contributed by atoms with E-state index < -0.39 is 6.10 Å². The molecule has 0 amide bonds. The molecule has 6 nitrogen and oxygen atoms in total. The fourth-order valence-electron chi connectivity index (χ4n) is 9.86. The zero-order valence-electron chi connectivity index (χ0n) is 47.1. The Balaban J connectivity index is 3.84. The van der Waals surface area contributed by atoms with Crippen molar-refractivity contribution in [3.63, 3.8) is 0 Å². The number of carbonyl (C=O) groups is 3. The van der Waals surface area contributed by atoms with Crippen LogP contribution in [-0.4, -0.2) is 37.2 Å². The lowest BCUT2D eigenvalue weighted by molar-refractivity contribution is -0.167. The molecule has 0 aromatic rings. The predicted octanol–water partition coefficient (Wildman–Crippen LogP) is 21.1. The van der Waals surface area contributed by atoms with Crippen LogP contribution in [0.15, 0.2) is 0 Å². The number of unbranched alkanes of at least 4 members (excludes halogenated alkanes) is 48. The molecule has 0 spiro atoms. The molecule has 0 aliphatic carbocycles. The van der Waals surface area contributed by atoms with Crippen molar-refractivity contribution in [1.29, 1.82) is 0 Å². The van der Waals surface area contributed by atoms with Gasteiger partial charge in [-0.1, -0.05) is 329 Å². The standard InChI is InChI=1S/C63H122O6/c1-4-7-10-13-16-18-20-21-22-23-24-25-26-27-28-29-30-31-32-33-34-35-36-37-38-39-40-41-43-44-47-50-53-56-62(65)68-59-60(58-67-61(64)55-52-49-46-15-12-9-6-3)69-63(66)57-54-51-48-45-42-19-17-14-11-8-5-2/h60H,4-59H2,1-3H3. The zero-order valence-corrected chi connectivity index (χ0v) is 47.1. The zero-order chi connectivity index (χ0) is 50.0. The topological polar surface area (TPSA) is 78.9 Å². The summed E-state index contributed by atoms with van der Waals surface area (Å²) >= 11 is 0. The highest BCUT2D eigenvalue weighted by molar-refractivity contribution is 5.71. The van der Waals surface area contributed by atoms with Gasteiger partial charge >= 0.3 is 17.9 Å². The van der Waals surface area contributed by atoms with Gasteiger partial charge in [0.2, 0.25) is 0 Å². The molecule has 0 N–H and O–H groups in total. The highest BCUT2D eigenvalue weighted by Gasteiger charge is 2.19. The summed E-state index contributed by atoms with van der Waals surface area (Å²) < 4.78 is 16.8. The summed E-state index contributed by atoms with van der Waals surface area (Å²) in [6.07, 6.45) is 67.4. The molecule has 0 saturated heterocycles. The van der Waals surface area contributed by atoms with E-state index in [1.165, 1.54) is 270 Å². The van der Waals surface area contributed by atoms with E-state index in [1.807, 2.05) is 0 Å². The van der Waals surface area contributed by atoms with E-state index in [-0.39, 0.29) is 31.1 Å². The number of hydrogen-bond acceptors (Lipinski definition) is 6. The first kappa shape index (κ1) is 67.4. The highest BCUT2D eigenvalue weighted by atomic mass is 16.6. The number of rotatable bonds is 59. The largest absolute Gasteiger partial charge is 0.462 e. The summed E-state index contributed by atoms with van der Waals surface area (Å²) in [5.74, 6) is -0.846. The van der Waals surface area contributed by atoms with Gasteiger partial charge in [-0.05, 0) is 19.3 Å². The minimum atomic E-state index is -0.759. The summed E-state index contributed by atoms with van der Waals surface area (Å²) in [5.41, 5.74) is 0. The SMILES string of the molecule is CCCCCCCCCCCCCCCCCCCCCCCCCCCCCCCCCCCC(=O)OCC(COC(=O)CCCCCCCCC)OC(=O)CCCCCCCCCCCCC. The molecule has 0 aromatic carbocycles. The summed E-state index contributed by atoms with van der Waals surface area (Å²) in [4.78, 5) is 37.8. The van der Waals surface area contributed by atoms with Crippen molar-refractivity contribution in [3.8, 4) is 0 Å². The van der Waals surface area contributed by atoms with Crippen LogP contribution in [0.4, 0.5) is 0 Å². The Morgan fingerprint density at radius 2 is 0.391 bits per heavy atom. The Hall–Kier alpha value is -1.59. The van der Waals surface area contributed by atoms with E-state index in [9.17, 15) is 14.4 Å². The highest BCUT2D eigenvalue weighted by Crippen LogP contribution is 2.19. The van der Waals surface area contributed by atoms with Crippen LogP contribution in [0.1, 0.15) is 367 Å². The van der Waals surface area contributed by atoms with Crippen LogP contribution in [0.25, 0.3) is 0 Å². The van der Waals surface area contributed by atoms with Gasteiger partial charge in [-0.3, -0.25) is 14.4 Å². The van der Waals surface area contributed by atoms with Crippen molar-refractivity contribution >= 4 is 17.9 Å². The molecule has 6 heteroatoms. The quantitative estimate of drug-likeness (QED) is 0.0343. The van der Waals surface area contributed by atoms with Gasteiger partial charge < -0.3 is 14.2 Å². The van der Waals surface area contributed by atoms with Gasteiger partial charge in [-0.15, -0.1) is 0 Å². The molecule has 1 unspecified atom stereocenters. The molecule has 0 fully saturated rings. The van der Waals surface area contributed by atoms with Crippen molar-refractivity contribution < 1.29 is 28.6 Å². The summed E-state index contributed by atoms with van der Waals surface area (Å²) in [5, 5.41) is 0. The lowest BCUT2D eigenvalue weighted by atomic mass is 10.0. The molecule has 0 aromatic heterocycles. The maximum absolute atomic E-state index is 12.7. The minimum Gasteiger partial charge on any atom is -0.462 e. The molecular formula is C63H122O6.